The first-order valence-electron chi connectivity index (χ1n) is 5.83. The van der Waals surface area contributed by atoms with Crippen LogP contribution in [0.1, 0.15) is 42.5 Å². The molecule has 2 atom stereocenters. The third-order valence-corrected chi connectivity index (χ3v) is 3.85. The van der Waals surface area contributed by atoms with Gasteiger partial charge in [-0.05, 0) is 37.4 Å². The Kier molecular flexibility index (Phi) is 2.08. The molecule has 1 saturated carbocycles. The SMILES string of the molecule is CN(C1CC1)C1CC(N)c2ccccc21. The van der Waals surface area contributed by atoms with E-state index >= 15 is 0 Å². The first-order chi connectivity index (χ1) is 7.27. The fourth-order valence-corrected chi connectivity index (χ4v) is 2.77. The Morgan fingerprint density at radius 3 is 2.53 bits per heavy atom. The maximum atomic E-state index is 6.17. The van der Waals surface area contributed by atoms with Crippen LogP contribution in [0.3, 0.4) is 0 Å². The van der Waals surface area contributed by atoms with E-state index in [1.54, 1.807) is 0 Å². The molecule has 3 rings (SSSR count). The summed E-state index contributed by atoms with van der Waals surface area (Å²) < 4.78 is 0. The molecule has 2 heteroatoms. The molecule has 1 aromatic rings. The number of rotatable bonds is 2. The van der Waals surface area contributed by atoms with Gasteiger partial charge in [-0.15, -0.1) is 0 Å². The lowest BCUT2D eigenvalue weighted by atomic mass is 10.1. The minimum atomic E-state index is 0.243. The van der Waals surface area contributed by atoms with Crippen molar-refractivity contribution in [1.29, 1.82) is 0 Å². The van der Waals surface area contributed by atoms with Gasteiger partial charge in [0.2, 0.25) is 0 Å². The van der Waals surface area contributed by atoms with Crippen molar-refractivity contribution in [3.05, 3.63) is 35.4 Å². The third kappa shape index (κ3) is 1.48. The van der Waals surface area contributed by atoms with E-state index < -0.39 is 0 Å². The zero-order valence-electron chi connectivity index (χ0n) is 9.19. The molecular weight excluding hydrogens is 184 g/mol. The van der Waals surface area contributed by atoms with Gasteiger partial charge < -0.3 is 5.73 Å². The summed E-state index contributed by atoms with van der Waals surface area (Å²) in [5, 5.41) is 0. The van der Waals surface area contributed by atoms with Crippen molar-refractivity contribution in [2.24, 2.45) is 5.73 Å². The van der Waals surface area contributed by atoms with Crippen LogP contribution in [-0.2, 0) is 0 Å². The summed E-state index contributed by atoms with van der Waals surface area (Å²) in [5.74, 6) is 0. The lowest BCUT2D eigenvalue weighted by Gasteiger charge is -2.24. The fraction of sp³-hybridized carbons (Fsp3) is 0.538. The van der Waals surface area contributed by atoms with E-state index in [2.05, 4.69) is 36.2 Å². The molecule has 2 aliphatic carbocycles. The van der Waals surface area contributed by atoms with Crippen LogP contribution < -0.4 is 5.73 Å². The van der Waals surface area contributed by atoms with Crippen molar-refractivity contribution in [2.75, 3.05) is 7.05 Å². The highest BCUT2D eigenvalue weighted by Crippen LogP contribution is 2.43. The Morgan fingerprint density at radius 2 is 1.87 bits per heavy atom. The first-order valence-corrected chi connectivity index (χ1v) is 5.83. The lowest BCUT2D eigenvalue weighted by molar-refractivity contribution is 0.228. The molecule has 0 bridgehead atoms. The number of hydrogen-bond acceptors (Lipinski definition) is 2. The minimum Gasteiger partial charge on any atom is -0.324 e. The second kappa shape index (κ2) is 3.32. The fourth-order valence-electron chi connectivity index (χ4n) is 2.77. The Balaban J connectivity index is 1.93. The van der Waals surface area contributed by atoms with E-state index in [4.69, 9.17) is 5.73 Å². The van der Waals surface area contributed by atoms with E-state index in [9.17, 15) is 0 Å². The van der Waals surface area contributed by atoms with E-state index in [1.165, 1.54) is 24.0 Å². The highest BCUT2D eigenvalue weighted by atomic mass is 15.2. The van der Waals surface area contributed by atoms with E-state index in [0.717, 1.165) is 12.5 Å². The van der Waals surface area contributed by atoms with Gasteiger partial charge in [0.1, 0.15) is 0 Å². The van der Waals surface area contributed by atoms with Gasteiger partial charge in [-0.25, -0.2) is 0 Å². The molecule has 0 radical (unpaired) electrons. The first kappa shape index (κ1) is 9.37. The summed E-state index contributed by atoms with van der Waals surface area (Å²) in [6.07, 6.45) is 3.82. The predicted molar refractivity (Wildman–Crippen MR) is 61.5 cm³/mol. The van der Waals surface area contributed by atoms with Gasteiger partial charge in [-0.3, -0.25) is 4.90 Å². The minimum absolute atomic E-state index is 0.243. The highest BCUT2D eigenvalue weighted by Gasteiger charge is 2.37. The van der Waals surface area contributed by atoms with Crippen molar-refractivity contribution >= 4 is 0 Å². The highest BCUT2D eigenvalue weighted by molar-refractivity contribution is 5.37. The monoisotopic (exact) mass is 202 g/mol. The summed E-state index contributed by atoms with van der Waals surface area (Å²) in [7, 11) is 2.25. The molecule has 0 aliphatic heterocycles. The van der Waals surface area contributed by atoms with Gasteiger partial charge >= 0.3 is 0 Å². The largest absolute Gasteiger partial charge is 0.324 e. The number of nitrogens with two attached hydrogens (primary N) is 1. The van der Waals surface area contributed by atoms with Crippen molar-refractivity contribution < 1.29 is 0 Å². The summed E-state index contributed by atoms with van der Waals surface area (Å²) >= 11 is 0. The van der Waals surface area contributed by atoms with Crippen LogP contribution in [-0.4, -0.2) is 18.0 Å². The van der Waals surface area contributed by atoms with Gasteiger partial charge in [-0.2, -0.15) is 0 Å². The number of nitrogens with zero attached hydrogens (tertiary/aromatic N) is 1. The second-order valence-electron chi connectivity index (χ2n) is 4.88. The normalized spacial score (nSPS) is 29.5. The molecule has 0 saturated heterocycles. The zero-order valence-corrected chi connectivity index (χ0v) is 9.19. The molecule has 80 valence electrons. The number of hydrogen-bond donors (Lipinski definition) is 1. The summed E-state index contributed by atoms with van der Waals surface area (Å²) in [4.78, 5) is 2.52. The smallest absolute Gasteiger partial charge is 0.0369 e. The molecule has 0 heterocycles. The van der Waals surface area contributed by atoms with Crippen LogP contribution in [0.5, 0.6) is 0 Å². The standard InChI is InChI=1S/C13H18N2/c1-15(9-6-7-9)13-8-12(14)10-4-2-3-5-11(10)13/h2-5,9,12-13H,6-8,14H2,1H3. The average Bonchev–Trinajstić information content (AvgIpc) is 3.04. The predicted octanol–water partition coefficient (Wildman–Crippen LogP) is 2.23. The summed E-state index contributed by atoms with van der Waals surface area (Å²) in [6.45, 7) is 0. The van der Waals surface area contributed by atoms with Crippen molar-refractivity contribution in [2.45, 2.75) is 37.4 Å². The molecule has 1 aromatic carbocycles. The van der Waals surface area contributed by atoms with Crippen LogP contribution in [0, 0.1) is 0 Å². The van der Waals surface area contributed by atoms with Crippen LogP contribution in [0.2, 0.25) is 0 Å². The molecule has 15 heavy (non-hydrogen) atoms. The molecule has 2 unspecified atom stereocenters. The number of fused-ring (bicyclic) bond motifs is 1. The van der Waals surface area contributed by atoms with E-state index in [-0.39, 0.29) is 6.04 Å². The molecule has 2 nitrogen and oxygen atoms in total. The van der Waals surface area contributed by atoms with Crippen LogP contribution in [0.25, 0.3) is 0 Å². The molecule has 1 fully saturated rings. The van der Waals surface area contributed by atoms with Gasteiger partial charge in [-0.1, -0.05) is 24.3 Å². The Morgan fingerprint density at radius 1 is 1.20 bits per heavy atom. The molecule has 0 spiro atoms. The summed E-state index contributed by atoms with van der Waals surface area (Å²) in [6, 6.07) is 10.3. The quantitative estimate of drug-likeness (QED) is 0.796. The van der Waals surface area contributed by atoms with Crippen LogP contribution >= 0.6 is 0 Å². The molecule has 2 N–H and O–H groups in total. The molecule has 0 amide bonds. The Labute approximate surface area is 91.1 Å². The van der Waals surface area contributed by atoms with E-state index in [1.807, 2.05) is 0 Å². The maximum Gasteiger partial charge on any atom is 0.0369 e. The van der Waals surface area contributed by atoms with Gasteiger partial charge in [0.15, 0.2) is 0 Å². The Bertz CT molecular complexity index is 371. The van der Waals surface area contributed by atoms with Gasteiger partial charge in [0.25, 0.3) is 0 Å². The maximum absolute atomic E-state index is 6.17. The molecule has 2 aliphatic rings. The summed E-state index contributed by atoms with van der Waals surface area (Å²) in [5.41, 5.74) is 8.98. The van der Waals surface area contributed by atoms with Crippen LogP contribution in [0.15, 0.2) is 24.3 Å². The third-order valence-electron chi connectivity index (χ3n) is 3.85. The average molecular weight is 202 g/mol. The zero-order chi connectivity index (χ0) is 10.4. The topological polar surface area (TPSA) is 29.3 Å². The van der Waals surface area contributed by atoms with Crippen LogP contribution in [0.4, 0.5) is 0 Å². The van der Waals surface area contributed by atoms with Gasteiger partial charge in [0, 0.05) is 18.1 Å². The molecule has 0 aromatic heterocycles. The van der Waals surface area contributed by atoms with E-state index in [0.29, 0.717) is 6.04 Å². The second-order valence-corrected chi connectivity index (χ2v) is 4.88. The van der Waals surface area contributed by atoms with Crippen molar-refractivity contribution in [1.82, 2.24) is 4.90 Å². The van der Waals surface area contributed by atoms with Crippen molar-refractivity contribution in [3.8, 4) is 0 Å². The van der Waals surface area contributed by atoms with Crippen molar-refractivity contribution in [3.63, 3.8) is 0 Å². The number of benzene rings is 1. The molecular formula is C13H18N2. The lowest BCUT2D eigenvalue weighted by Crippen LogP contribution is -2.25. The Hall–Kier alpha value is -0.860. The van der Waals surface area contributed by atoms with Gasteiger partial charge in [0.05, 0.1) is 0 Å².